The molecule has 24 heavy (non-hydrogen) atoms. The minimum Gasteiger partial charge on any atom is -0.353 e. The highest BCUT2D eigenvalue weighted by molar-refractivity contribution is 7.88. The number of piperidine rings is 1. The van der Waals surface area contributed by atoms with Crippen molar-refractivity contribution in [3.63, 3.8) is 0 Å². The lowest BCUT2D eigenvalue weighted by Crippen LogP contribution is -2.43. The van der Waals surface area contributed by atoms with E-state index in [0.717, 1.165) is 12.8 Å². The third-order valence-electron chi connectivity index (χ3n) is 4.53. The molecule has 1 saturated heterocycles. The number of carbonyl (C=O) groups excluding carboxylic acids is 1. The lowest BCUT2D eigenvalue weighted by atomic mass is 9.97. The number of nitrogens with zero attached hydrogens (tertiary/aromatic N) is 1. The van der Waals surface area contributed by atoms with Crippen LogP contribution in [0.3, 0.4) is 0 Å². The number of hydrogen-bond donors (Lipinski definition) is 1. The van der Waals surface area contributed by atoms with Gasteiger partial charge in [-0.2, -0.15) is 0 Å². The van der Waals surface area contributed by atoms with Crippen LogP contribution < -0.4 is 5.32 Å². The zero-order valence-corrected chi connectivity index (χ0v) is 14.7. The quantitative estimate of drug-likeness (QED) is 0.860. The van der Waals surface area contributed by atoms with E-state index in [9.17, 15) is 17.6 Å². The summed E-state index contributed by atoms with van der Waals surface area (Å²) in [6.07, 6.45) is 3.04. The molecule has 8 heteroatoms. The molecule has 0 aromatic heterocycles. The molecule has 1 saturated carbocycles. The molecule has 0 unspecified atom stereocenters. The fraction of sp³-hybridized carbons (Fsp3) is 0.562. The molecule has 2 aliphatic rings. The Hall–Kier alpha value is -1.18. The van der Waals surface area contributed by atoms with Gasteiger partial charge in [0.1, 0.15) is 5.82 Å². The van der Waals surface area contributed by atoms with E-state index >= 15 is 0 Å². The average Bonchev–Trinajstić information content (AvgIpc) is 3.35. The Labute approximate surface area is 146 Å². The van der Waals surface area contributed by atoms with Crippen LogP contribution >= 0.6 is 11.6 Å². The highest BCUT2D eigenvalue weighted by Gasteiger charge is 2.33. The Bertz CT molecular complexity index is 709. The van der Waals surface area contributed by atoms with E-state index in [0.29, 0.717) is 18.9 Å². The van der Waals surface area contributed by atoms with Crippen LogP contribution in [0, 0.1) is 11.7 Å². The van der Waals surface area contributed by atoms with Crippen molar-refractivity contribution in [2.45, 2.75) is 37.5 Å². The Morgan fingerprint density at radius 3 is 2.50 bits per heavy atom. The number of rotatable bonds is 5. The molecular weight excluding hydrogens is 355 g/mol. The van der Waals surface area contributed by atoms with Crippen LogP contribution in [0.4, 0.5) is 4.39 Å². The second-order valence-corrected chi connectivity index (χ2v) is 8.79. The summed E-state index contributed by atoms with van der Waals surface area (Å²) < 4.78 is 40.2. The van der Waals surface area contributed by atoms with Gasteiger partial charge >= 0.3 is 0 Å². The van der Waals surface area contributed by atoms with Crippen LogP contribution in [-0.4, -0.2) is 37.8 Å². The van der Waals surface area contributed by atoms with Crippen molar-refractivity contribution in [1.82, 2.24) is 9.62 Å². The first kappa shape index (κ1) is 17.6. The summed E-state index contributed by atoms with van der Waals surface area (Å²) in [5.74, 6) is -1.21. The number of sulfonamides is 1. The summed E-state index contributed by atoms with van der Waals surface area (Å²) in [4.78, 5) is 12.0. The standard InChI is InChI=1S/C16H20ClFN2O3S/c17-14-2-1-3-15(18)13(14)10-24(22,23)20-8-6-11(7-9-20)16(21)19-12-4-5-12/h1-3,11-12H,4-10H2,(H,19,21). The van der Waals surface area contributed by atoms with Gasteiger partial charge in [0, 0.05) is 35.6 Å². The normalized spacial score (nSPS) is 20.1. The Morgan fingerprint density at radius 2 is 1.92 bits per heavy atom. The molecule has 2 fully saturated rings. The first-order valence-electron chi connectivity index (χ1n) is 8.08. The van der Waals surface area contributed by atoms with E-state index in [4.69, 9.17) is 11.6 Å². The highest BCUT2D eigenvalue weighted by Crippen LogP contribution is 2.27. The number of amides is 1. The zero-order chi connectivity index (χ0) is 17.3. The molecule has 3 rings (SSSR count). The van der Waals surface area contributed by atoms with Crippen molar-refractivity contribution in [3.05, 3.63) is 34.6 Å². The molecule has 0 radical (unpaired) electrons. The molecular formula is C16H20ClFN2O3S. The number of hydrogen-bond acceptors (Lipinski definition) is 3. The molecule has 1 aromatic rings. The molecule has 1 amide bonds. The molecule has 5 nitrogen and oxygen atoms in total. The number of benzene rings is 1. The minimum absolute atomic E-state index is 0.00670. The van der Waals surface area contributed by atoms with Crippen molar-refractivity contribution >= 4 is 27.5 Å². The van der Waals surface area contributed by atoms with Crippen LogP contribution in [0.2, 0.25) is 5.02 Å². The third kappa shape index (κ3) is 4.07. The summed E-state index contributed by atoms with van der Waals surface area (Å²) in [6.45, 7) is 0.550. The van der Waals surface area contributed by atoms with Gasteiger partial charge in [-0.05, 0) is 37.8 Å². The fourth-order valence-corrected chi connectivity index (χ4v) is 4.80. The number of carbonyl (C=O) groups is 1. The second-order valence-electron chi connectivity index (χ2n) is 6.41. The molecule has 1 heterocycles. The first-order valence-corrected chi connectivity index (χ1v) is 10.1. The molecule has 0 bridgehead atoms. The predicted molar refractivity (Wildman–Crippen MR) is 89.5 cm³/mol. The summed E-state index contributed by atoms with van der Waals surface area (Å²) in [5, 5.41) is 3.07. The smallest absolute Gasteiger partial charge is 0.223 e. The van der Waals surface area contributed by atoms with Gasteiger partial charge < -0.3 is 5.32 Å². The van der Waals surface area contributed by atoms with E-state index in [1.165, 1.54) is 22.5 Å². The summed E-state index contributed by atoms with van der Waals surface area (Å²) in [6, 6.07) is 4.43. The minimum atomic E-state index is -3.66. The maximum Gasteiger partial charge on any atom is 0.223 e. The third-order valence-corrected chi connectivity index (χ3v) is 6.69. The summed E-state index contributed by atoms with van der Waals surface area (Å²) in [5.41, 5.74) is -0.00670. The Morgan fingerprint density at radius 1 is 1.25 bits per heavy atom. The topological polar surface area (TPSA) is 66.5 Å². The lowest BCUT2D eigenvalue weighted by Gasteiger charge is -2.30. The Balaban J connectivity index is 1.61. The average molecular weight is 375 g/mol. The van der Waals surface area contributed by atoms with Gasteiger partial charge in [-0.25, -0.2) is 17.1 Å². The van der Waals surface area contributed by atoms with Gasteiger partial charge in [0.2, 0.25) is 15.9 Å². The van der Waals surface area contributed by atoms with Crippen molar-refractivity contribution in [2.75, 3.05) is 13.1 Å². The van der Waals surface area contributed by atoms with Gasteiger partial charge in [-0.15, -0.1) is 0 Å². The maximum atomic E-state index is 13.8. The molecule has 0 atom stereocenters. The van der Waals surface area contributed by atoms with Gasteiger partial charge in [0.05, 0.1) is 5.75 Å². The molecule has 1 aliphatic carbocycles. The van der Waals surface area contributed by atoms with E-state index < -0.39 is 21.6 Å². The highest BCUT2D eigenvalue weighted by atomic mass is 35.5. The molecule has 1 aliphatic heterocycles. The van der Waals surface area contributed by atoms with Crippen molar-refractivity contribution in [3.8, 4) is 0 Å². The van der Waals surface area contributed by atoms with E-state index in [-0.39, 0.29) is 35.5 Å². The van der Waals surface area contributed by atoms with Crippen molar-refractivity contribution in [1.29, 1.82) is 0 Å². The van der Waals surface area contributed by atoms with Crippen LogP contribution in [0.1, 0.15) is 31.2 Å². The molecule has 1 aromatic carbocycles. The summed E-state index contributed by atoms with van der Waals surface area (Å²) in [7, 11) is -3.66. The van der Waals surface area contributed by atoms with Crippen LogP contribution in [0.15, 0.2) is 18.2 Å². The van der Waals surface area contributed by atoms with Gasteiger partial charge in [0.25, 0.3) is 0 Å². The number of halogens is 2. The number of nitrogens with one attached hydrogen (secondary N) is 1. The van der Waals surface area contributed by atoms with Gasteiger partial charge in [-0.1, -0.05) is 17.7 Å². The van der Waals surface area contributed by atoms with Crippen LogP contribution in [-0.2, 0) is 20.6 Å². The fourth-order valence-electron chi connectivity index (χ4n) is 2.89. The van der Waals surface area contributed by atoms with Gasteiger partial charge in [-0.3, -0.25) is 4.79 Å². The first-order chi connectivity index (χ1) is 11.4. The Kier molecular flexibility index (Phi) is 5.13. The molecule has 1 N–H and O–H groups in total. The van der Waals surface area contributed by atoms with Crippen LogP contribution in [0.5, 0.6) is 0 Å². The second kappa shape index (κ2) is 6.98. The zero-order valence-electron chi connectivity index (χ0n) is 13.2. The van der Waals surface area contributed by atoms with Crippen molar-refractivity contribution in [2.24, 2.45) is 5.92 Å². The maximum absolute atomic E-state index is 13.8. The van der Waals surface area contributed by atoms with E-state index in [2.05, 4.69) is 5.32 Å². The van der Waals surface area contributed by atoms with E-state index in [1.54, 1.807) is 0 Å². The SMILES string of the molecule is O=C(NC1CC1)C1CCN(S(=O)(=O)Cc2c(F)cccc2Cl)CC1. The predicted octanol–water partition coefficient (Wildman–Crippen LogP) is 2.30. The van der Waals surface area contributed by atoms with Gasteiger partial charge in [0.15, 0.2) is 0 Å². The molecule has 0 spiro atoms. The lowest BCUT2D eigenvalue weighted by molar-refractivity contribution is -0.126. The van der Waals surface area contributed by atoms with Crippen molar-refractivity contribution < 1.29 is 17.6 Å². The van der Waals surface area contributed by atoms with Crippen LogP contribution in [0.25, 0.3) is 0 Å². The largest absolute Gasteiger partial charge is 0.353 e. The monoisotopic (exact) mass is 374 g/mol. The molecule has 132 valence electrons. The van der Waals surface area contributed by atoms with E-state index in [1.807, 2.05) is 0 Å². The summed E-state index contributed by atoms with van der Waals surface area (Å²) >= 11 is 5.92.